The third-order valence-corrected chi connectivity index (χ3v) is 4.68. The summed E-state index contributed by atoms with van der Waals surface area (Å²) in [7, 11) is -3.13. The molecule has 0 saturated heterocycles. The normalized spacial score (nSPS) is 18.3. The average Bonchev–Trinajstić information content (AvgIpc) is 3.08. The second-order valence-corrected chi connectivity index (χ2v) is 6.81. The van der Waals surface area contributed by atoms with Crippen molar-refractivity contribution < 1.29 is 8.42 Å². The lowest BCUT2D eigenvalue weighted by Crippen LogP contribution is -2.38. The van der Waals surface area contributed by atoms with Gasteiger partial charge in [0, 0.05) is 12.6 Å². The van der Waals surface area contributed by atoms with Crippen LogP contribution in [0.4, 0.5) is 0 Å². The fraction of sp³-hybridized carbons (Fsp3) is 0.538. The largest absolute Gasteiger partial charge is 0.212 e. The number of sulfonamides is 1. The second-order valence-electron chi connectivity index (χ2n) is 4.87. The van der Waals surface area contributed by atoms with Crippen LogP contribution in [0.15, 0.2) is 30.3 Å². The van der Waals surface area contributed by atoms with Crippen molar-refractivity contribution >= 4 is 10.0 Å². The van der Waals surface area contributed by atoms with Gasteiger partial charge >= 0.3 is 0 Å². The summed E-state index contributed by atoms with van der Waals surface area (Å²) in [5.41, 5.74) is 1.05. The molecule has 0 spiro atoms. The van der Waals surface area contributed by atoms with Gasteiger partial charge in [-0.15, -0.1) is 0 Å². The maximum Gasteiger partial charge on any atom is 0.211 e. The van der Waals surface area contributed by atoms with Crippen LogP contribution in [0.5, 0.6) is 0 Å². The van der Waals surface area contributed by atoms with Gasteiger partial charge in [0.15, 0.2) is 0 Å². The standard InChI is InChI=1S/C13H19NO2S/c1-11(13-8-9-13)14(17(2,15)16)10-12-6-4-3-5-7-12/h3-7,11,13H,8-10H2,1-2H3. The molecule has 0 heterocycles. The van der Waals surface area contributed by atoms with Crippen LogP contribution in [-0.4, -0.2) is 25.0 Å². The van der Waals surface area contributed by atoms with Crippen molar-refractivity contribution in [3.63, 3.8) is 0 Å². The van der Waals surface area contributed by atoms with Crippen LogP contribution in [0.1, 0.15) is 25.3 Å². The Morgan fingerprint density at radius 2 is 1.88 bits per heavy atom. The number of benzene rings is 1. The summed E-state index contributed by atoms with van der Waals surface area (Å²) in [6.45, 7) is 2.50. The number of hydrogen-bond acceptors (Lipinski definition) is 2. The van der Waals surface area contributed by atoms with Gasteiger partial charge in [-0.25, -0.2) is 8.42 Å². The van der Waals surface area contributed by atoms with E-state index in [1.807, 2.05) is 37.3 Å². The van der Waals surface area contributed by atoms with Crippen LogP contribution >= 0.6 is 0 Å². The molecular weight excluding hydrogens is 234 g/mol. The van der Waals surface area contributed by atoms with Crippen LogP contribution in [0.3, 0.4) is 0 Å². The summed E-state index contributed by atoms with van der Waals surface area (Å²) in [5, 5.41) is 0. The molecule has 0 bridgehead atoms. The maximum absolute atomic E-state index is 11.8. The third-order valence-electron chi connectivity index (χ3n) is 3.37. The third kappa shape index (κ3) is 3.30. The Balaban J connectivity index is 2.16. The lowest BCUT2D eigenvalue weighted by Gasteiger charge is -2.26. The first kappa shape index (κ1) is 12.6. The minimum atomic E-state index is -3.13. The predicted octanol–water partition coefficient (Wildman–Crippen LogP) is 2.25. The Morgan fingerprint density at radius 3 is 2.35 bits per heavy atom. The molecule has 1 atom stereocenters. The van der Waals surface area contributed by atoms with E-state index in [0.717, 1.165) is 18.4 Å². The lowest BCUT2D eigenvalue weighted by atomic mass is 10.2. The summed E-state index contributed by atoms with van der Waals surface area (Å²) in [6, 6.07) is 9.88. The van der Waals surface area contributed by atoms with E-state index in [9.17, 15) is 8.42 Å². The van der Waals surface area contributed by atoms with Crippen molar-refractivity contribution in [2.45, 2.75) is 32.4 Å². The first-order valence-corrected chi connectivity index (χ1v) is 7.84. The minimum absolute atomic E-state index is 0.116. The highest BCUT2D eigenvalue weighted by Crippen LogP contribution is 2.36. The smallest absolute Gasteiger partial charge is 0.211 e. The molecule has 1 saturated carbocycles. The van der Waals surface area contributed by atoms with Crippen molar-refractivity contribution in [1.82, 2.24) is 4.31 Å². The highest BCUT2D eigenvalue weighted by Gasteiger charge is 2.35. The van der Waals surface area contributed by atoms with E-state index in [0.29, 0.717) is 12.5 Å². The second kappa shape index (κ2) is 4.78. The highest BCUT2D eigenvalue weighted by molar-refractivity contribution is 7.88. The molecule has 94 valence electrons. The number of rotatable bonds is 5. The van der Waals surface area contributed by atoms with Crippen LogP contribution in [0, 0.1) is 5.92 Å². The van der Waals surface area contributed by atoms with E-state index in [2.05, 4.69) is 0 Å². The van der Waals surface area contributed by atoms with Gasteiger partial charge in [-0.3, -0.25) is 0 Å². The van der Waals surface area contributed by atoms with Crippen LogP contribution in [-0.2, 0) is 16.6 Å². The summed E-state index contributed by atoms with van der Waals surface area (Å²) in [6.07, 6.45) is 3.61. The monoisotopic (exact) mass is 253 g/mol. The molecule has 1 aromatic carbocycles. The van der Waals surface area contributed by atoms with Crippen LogP contribution in [0.25, 0.3) is 0 Å². The summed E-state index contributed by atoms with van der Waals surface area (Å²) < 4.78 is 25.3. The molecule has 0 radical (unpaired) electrons. The topological polar surface area (TPSA) is 37.4 Å². The van der Waals surface area contributed by atoms with Crippen molar-refractivity contribution in [2.75, 3.05) is 6.26 Å². The van der Waals surface area contributed by atoms with E-state index in [1.165, 1.54) is 6.26 Å². The Kier molecular flexibility index (Phi) is 3.54. The van der Waals surface area contributed by atoms with Gasteiger partial charge in [0.25, 0.3) is 0 Å². The number of nitrogens with zero attached hydrogens (tertiary/aromatic N) is 1. The summed E-state index contributed by atoms with van der Waals surface area (Å²) >= 11 is 0. The van der Waals surface area contributed by atoms with Gasteiger partial charge in [-0.1, -0.05) is 30.3 Å². The Bertz CT molecular complexity index is 465. The molecule has 1 aliphatic carbocycles. The molecule has 1 aromatic rings. The van der Waals surface area contributed by atoms with E-state index >= 15 is 0 Å². The van der Waals surface area contributed by atoms with Gasteiger partial charge in [0.1, 0.15) is 0 Å². The average molecular weight is 253 g/mol. The summed E-state index contributed by atoms with van der Waals surface area (Å²) in [4.78, 5) is 0. The molecule has 1 fully saturated rings. The predicted molar refractivity (Wildman–Crippen MR) is 69.0 cm³/mol. The van der Waals surface area contributed by atoms with Gasteiger partial charge in [0.05, 0.1) is 6.26 Å². The van der Waals surface area contributed by atoms with Gasteiger partial charge < -0.3 is 0 Å². The SMILES string of the molecule is CC(C1CC1)N(Cc1ccccc1)S(C)(=O)=O. The summed E-state index contributed by atoms with van der Waals surface area (Å²) in [5.74, 6) is 0.549. The quantitative estimate of drug-likeness (QED) is 0.807. The zero-order valence-electron chi connectivity index (χ0n) is 10.3. The van der Waals surface area contributed by atoms with Crippen molar-refractivity contribution in [2.24, 2.45) is 5.92 Å². The van der Waals surface area contributed by atoms with Crippen molar-refractivity contribution in [1.29, 1.82) is 0 Å². The Morgan fingerprint density at radius 1 is 1.29 bits per heavy atom. The van der Waals surface area contributed by atoms with Gasteiger partial charge in [-0.05, 0) is 31.2 Å². The molecule has 2 rings (SSSR count). The van der Waals surface area contributed by atoms with E-state index < -0.39 is 10.0 Å². The Labute approximate surface area is 104 Å². The molecule has 1 aliphatic rings. The number of hydrogen-bond donors (Lipinski definition) is 0. The molecular formula is C13H19NO2S. The van der Waals surface area contributed by atoms with Crippen molar-refractivity contribution in [3.05, 3.63) is 35.9 Å². The molecule has 0 amide bonds. The molecule has 0 N–H and O–H groups in total. The first-order chi connectivity index (χ1) is 7.98. The zero-order chi connectivity index (χ0) is 12.5. The highest BCUT2D eigenvalue weighted by atomic mass is 32.2. The molecule has 3 nitrogen and oxygen atoms in total. The van der Waals surface area contributed by atoms with Gasteiger partial charge in [-0.2, -0.15) is 4.31 Å². The molecule has 17 heavy (non-hydrogen) atoms. The Hall–Kier alpha value is -0.870. The fourth-order valence-electron chi connectivity index (χ4n) is 2.14. The fourth-order valence-corrected chi connectivity index (χ4v) is 3.30. The minimum Gasteiger partial charge on any atom is -0.212 e. The molecule has 0 aliphatic heterocycles. The van der Waals surface area contributed by atoms with Crippen LogP contribution < -0.4 is 0 Å². The molecule has 4 heteroatoms. The van der Waals surface area contributed by atoms with Crippen LogP contribution in [0.2, 0.25) is 0 Å². The van der Waals surface area contributed by atoms with Gasteiger partial charge in [0.2, 0.25) is 10.0 Å². The maximum atomic E-state index is 11.8. The van der Waals surface area contributed by atoms with E-state index in [1.54, 1.807) is 4.31 Å². The lowest BCUT2D eigenvalue weighted by molar-refractivity contribution is 0.305. The van der Waals surface area contributed by atoms with E-state index in [-0.39, 0.29) is 6.04 Å². The van der Waals surface area contributed by atoms with E-state index in [4.69, 9.17) is 0 Å². The molecule has 0 aromatic heterocycles. The first-order valence-electron chi connectivity index (χ1n) is 5.99. The zero-order valence-corrected chi connectivity index (χ0v) is 11.2. The van der Waals surface area contributed by atoms with Crippen molar-refractivity contribution in [3.8, 4) is 0 Å². The molecule has 1 unspecified atom stereocenters.